The number of hydrogen-bond donors (Lipinski definition) is 0. The van der Waals surface area contributed by atoms with E-state index in [1.165, 1.54) is 0 Å². The van der Waals surface area contributed by atoms with E-state index in [0.717, 1.165) is 44.2 Å². The van der Waals surface area contributed by atoms with Crippen LogP contribution in [0.4, 0.5) is 0 Å². The second-order valence-corrected chi connectivity index (χ2v) is 13.5. The highest BCUT2D eigenvalue weighted by atomic mass is 35.5. The molecule has 0 saturated heterocycles. The van der Waals surface area contributed by atoms with Crippen molar-refractivity contribution < 1.29 is 38.1 Å². The highest BCUT2D eigenvalue weighted by Crippen LogP contribution is 2.42. The van der Waals surface area contributed by atoms with E-state index in [1.54, 1.807) is 0 Å². The monoisotopic (exact) mass is 742 g/mol. The molecule has 0 radical (unpaired) electrons. The first-order valence-corrected chi connectivity index (χ1v) is 16.6. The molecule has 2 aromatic carbocycles. The van der Waals surface area contributed by atoms with Crippen LogP contribution in [0.25, 0.3) is 0 Å². The molecule has 246 valence electrons. The zero-order valence-corrected chi connectivity index (χ0v) is 29.5. The minimum absolute atomic E-state index is 0.00158. The summed E-state index contributed by atoms with van der Waals surface area (Å²) in [7, 11) is 0. The van der Waals surface area contributed by atoms with Gasteiger partial charge in [0.05, 0.1) is 43.3 Å². The number of rotatable bonds is 11. The second kappa shape index (κ2) is 16.8. The number of carbonyl (C=O) groups excluding carboxylic acids is 4. The van der Waals surface area contributed by atoms with Gasteiger partial charge >= 0.3 is 23.9 Å². The van der Waals surface area contributed by atoms with Gasteiger partial charge in [-0.05, 0) is 42.2 Å². The molecule has 0 bridgehead atoms. The molecule has 3 rings (SSSR count). The zero-order chi connectivity index (χ0) is 33.6. The smallest absolute Gasteiger partial charge is 0.423 e. The van der Waals surface area contributed by atoms with Gasteiger partial charge in [0.15, 0.2) is 11.5 Å². The number of esters is 4. The average molecular weight is 745 g/mol. The molecule has 0 spiro atoms. The van der Waals surface area contributed by atoms with Crippen molar-refractivity contribution in [3.05, 3.63) is 53.4 Å². The van der Waals surface area contributed by atoms with E-state index in [2.05, 4.69) is 6.92 Å². The third kappa shape index (κ3) is 9.33. The van der Waals surface area contributed by atoms with Crippen molar-refractivity contribution in [1.29, 1.82) is 0 Å². The largest absolute Gasteiger partial charge is 0.462 e. The van der Waals surface area contributed by atoms with Gasteiger partial charge in [-0.3, -0.25) is 0 Å². The van der Waals surface area contributed by atoms with Crippen LogP contribution in [0.1, 0.15) is 80.5 Å². The molecule has 1 aliphatic carbocycles. The first-order valence-electron chi connectivity index (χ1n) is 14.3. The first kappa shape index (κ1) is 37.5. The number of halogens is 6. The Morgan fingerprint density at radius 1 is 0.756 bits per heavy atom. The van der Waals surface area contributed by atoms with Crippen LogP contribution in [0.15, 0.2) is 12.1 Å². The van der Waals surface area contributed by atoms with Crippen molar-refractivity contribution in [1.82, 2.24) is 0 Å². The van der Waals surface area contributed by atoms with Crippen LogP contribution in [0.2, 0.25) is 30.1 Å². The van der Waals surface area contributed by atoms with E-state index >= 15 is 0 Å². The Hall–Kier alpha value is -1.94. The fourth-order valence-electron chi connectivity index (χ4n) is 4.90. The van der Waals surface area contributed by atoms with Crippen molar-refractivity contribution >= 4 is 93.5 Å². The molecule has 0 heterocycles. The molecule has 0 aromatic heterocycles. The summed E-state index contributed by atoms with van der Waals surface area (Å²) in [5, 5.41) is -1.49. The molecule has 8 nitrogen and oxygen atoms in total. The van der Waals surface area contributed by atoms with Gasteiger partial charge in [0, 0.05) is 0 Å². The Labute approximate surface area is 291 Å². The fourth-order valence-corrected chi connectivity index (χ4v) is 6.34. The lowest BCUT2D eigenvalue weighted by Crippen LogP contribution is -2.28. The highest BCUT2D eigenvalue weighted by molar-refractivity contribution is 6.47. The van der Waals surface area contributed by atoms with Gasteiger partial charge in [0.1, 0.15) is 11.1 Å². The SMILES string of the molecule is CCCC(C)C(C)COC(=O)c1c(Cl)c(Cl)cc(Cl)c1OC(=O)C(=O)Oc1c(Cl)cc(Cl)c(Cl)c1C(=O)OCC1CCCC1C. The molecule has 0 amide bonds. The quantitative estimate of drug-likeness (QED) is 0.0969. The Morgan fingerprint density at radius 2 is 1.24 bits per heavy atom. The first-order chi connectivity index (χ1) is 21.2. The molecule has 4 unspecified atom stereocenters. The predicted octanol–water partition coefficient (Wildman–Crippen LogP) is 9.94. The third-order valence-corrected chi connectivity index (χ3v) is 10.0. The summed E-state index contributed by atoms with van der Waals surface area (Å²) in [6.45, 7) is 8.20. The van der Waals surface area contributed by atoms with Gasteiger partial charge < -0.3 is 18.9 Å². The maximum Gasteiger partial charge on any atom is 0.423 e. The Kier molecular flexibility index (Phi) is 14.0. The van der Waals surface area contributed by atoms with Crippen molar-refractivity contribution in [2.75, 3.05) is 13.2 Å². The Bertz CT molecular complexity index is 1460. The van der Waals surface area contributed by atoms with Crippen LogP contribution in [0, 0.1) is 23.7 Å². The van der Waals surface area contributed by atoms with E-state index < -0.39 is 46.5 Å². The van der Waals surface area contributed by atoms with E-state index in [9.17, 15) is 19.2 Å². The van der Waals surface area contributed by atoms with Crippen LogP contribution in [-0.2, 0) is 19.1 Å². The lowest BCUT2D eigenvalue weighted by Gasteiger charge is -2.20. The average Bonchev–Trinajstić information content (AvgIpc) is 3.40. The molecule has 14 heteroatoms. The molecule has 1 fully saturated rings. The normalized spacial score (nSPS) is 17.4. The zero-order valence-electron chi connectivity index (χ0n) is 24.9. The van der Waals surface area contributed by atoms with Crippen LogP contribution in [0.5, 0.6) is 11.5 Å². The number of hydrogen-bond acceptors (Lipinski definition) is 8. The van der Waals surface area contributed by atoms with E-state index in [-0.39, 0.29) is 61.1 Å². The van der Waals surface area contributed by atoms with Gasteiger partial charge in [-0.2, -0.15) is 0 Å². The molecular weight excluding hydrogens is 713 g/mol. The van der Waals surface area contributed by atoms with E-state index in [0.29, 0.717) is 5.92 Å². The van der Waals surface area contributed by atoms with Crippen LogP contribution in [0.3, 0.4) is 0 Å². The van der Waals surface area contributed by atoms with Gasteiger partial charge in [-0.25, -0.2) is 19.2 Å². The molecule has 2 aromatic rings. The van der Waals surface area contributed by atoms with Crippen LogP contribution >= 0.6 is 69.6 Å². The fraction of sp³-hybridized carbons (Fsp3) is 0.484. The van der Waals surface area contributed by atoms with E-state index in [1.807, 2.05) is 20.8 Å². The number of ether oxygens (including phenoxy) is 4. The van der Waals surface area contributed by atoms with Gasteiger partial charge in [0.25, 0.3) is 0 Å². The third-order valence-electron chi connectivity index (χ3n) is 7.88. The van der Waals surface area contributed by atoms with E-state index in [4.69, 9.17) is 88.6 Å². The predicted molar refractivity (Wildman–Crippen MR) is 175 cm³/mol. The molecule has 0 aliphatic heterocycles. The van der Waals surface area contributed by atoms with Crippen molar-refractivity contribution in [2.24, 2.45) is 23.7 Å². The summed E-state index contributed by atoms with van der Waals surface area (Å²) in [6.07, 6.45) is 4.79. The lowest BCUT2D eigenvalue weighted by molar-refractivity contribution is -0.156. The van der Waals surface area contributed by atoms with Gasteiger partial charge in [-0.15, -0.1) is 0 Å². The lowest BCUT2D eigenvalue weighted by atomic mass is 9.92. The summed E-state index contributed by atoms with van der Waals surface area (Å²) in [4.78, 5) is 52.1. The minimum Gasteiger partial charge on any atom is -0.462 e. The number of carbonyl (C=O) groups is 4. The summed E-state index contributed by atoms with van der Waals surface area (Å²) in [6, 6.07) is 2.25. The Morgan fingerprint density at radius 3 is 1.69 bits per heavy atom. The topological polar surface area (TPSA) is 105 Å². The highest BCUT2D eigenvalue weighted by Gasteiger charge is 2.33. The van der Waals surface area contributed by atoms with Crippen molar-refractivity contribution in [3.63, 3.8) is 0 Å². The van der Waals surface area contributed by atoms with Gasteiger partial charge in [0.2, 0.25) is 0 Å². The molecule has 1 saturated carbocycles. The minimum atomic E-state index is -1.64. The summed E-state index contributed by atoms with van der Waals surface area (Å²) in [5.74, 6) is -5.63. The summed E-state index contributed by atoms with van der Waals surface area (Å²) < 4.78 is 21.2. The maximum absolute atomic E-state index is 13.1. The van der Waals surface area contributed by atoms with Gasteiger partial charge in [-0.1, -0.05) is 123 Å². The molecule has 0 N–H and O–H groups in total. The molecule has 45 heavy (non-hydrogen) atoms. The molecule has 4 atom stereocenters. The standard InChI is InChI=1S/C31H32Cl6O8/c1-5-7-14(2)16(4)12-42-28(38)22-24(36)18(32)10-20(34)26(22)44-30(40)31(41)45-27-21(35)11-19(33)25(37)23(27)29(39)43-13-17-9-6-8-15(17)3/h10-11,14-17H,5-9,12-13H2,1-4H3. The molecular formula is C31H32Cl6O8. The van der Waals surface area contributed by atoms with Crippen molar-refractivity contribution in [3.8, 4) is 11.5 Å². The Balaban J connectivity index is 1.84. The number of benzene rings is 2. The summed E-state index contributed by atoms with van der Waals surface area (Å²) >= 11 is 37.3. The van der Waals surface area contributed by atoms with Crippen molar-refractivity contribution in [2.45, 2.75) is 59.8 Å². The van der Waals surface area contributed by atoms with Crippen LogP contribution in [-0.4, -0.2) is 37.1 Å². The summed E-state index contributed by atoms with van der Waals surface area (Å²) in [5.41, 5.74) is -0.923. The maximum atomic E-state index is 13.1. The molecule has 1 aliphatic rings. The van der Waals surface area contributed by atoms with Crippen LogP contribution < -0.4 is 9.47 Å². The second-order valence-electron chi connectivity index (χ2n) is 11.1.